The summed E-state index contributed by atoms with van der Waals surface area (Å²) in [5.41, 5.74) is 3.86. The van der Waals surface area contributed by atoms with Gasteiger partial charge in [0.1, 0.15) is 5.84 Å². The van der Waals surface area contributed by atoms with E-state index in [4.69, 9.17) is 16.6 Å². The maximum absolute atomic E-state index is 6.10. The minimum absolute atomic E-state index is 0.113. The largest absolute Gasteiger partial charge is 0.343 e. The number of nitrogens with one attached hydrogen (secondary N) is 1. The minimum atomic E-state index is 0.113. The van der Waals surface area contributed by atoms with E-state index in [1.54, 1.807) is 0 Å². The Bertz CT molecular complexity index is 786. The van der Waals surface area contributed by atoms with Crippen molar-refractivity contribution < 1.29 is 0 Å². The van der Waals surface area contributed by atoms with E-state index in [1.165, 1.54) is 11.3 Å². The van der Waals surface area contributed by atoms with E-state index in [0.717, 1.165) is 42.4 Å². The van der Waals surface area contributed by atoms with E-state index in [0.29, 0.717) is 6.54 Å². The van der Waals surface area contributed by atoms with E-state index in [2.05, 4.69) is 47.6 Å². The Morgan fingerprint density at radius 2 is 2.08 bits per heavy atom. The molecule has 1 unspecified atom stereocenters. The van der Waals surface area contributed by atoms with E-state index in [-0.39, 0.29) is 5.41 Å². The fourth-order valence-electron chi connectivity index (χ4n) is 3.93. The second kappa shape index (κ2) is 6.23. The fourth-order valence-corrected chi connectivity index (χ4v) is 4.15. The van der Waals surface area contributed by atoms with Crippen molar-refractivity contribution in [3.8, 4) is 0 Å². The standard InChI is InChI=1S/C20H22ClN3/c1-24-10-9-20(14-24)12-16-6-2-3-8-18(16)23-19(20)22-13-15-5-4-7-17(21)11-15/h2-8,11H,9-10,12-14H2,1H3,(H,22,23). The van der Waals surface area contributed by atoms with Gasteiger partial charge in [0.2, 0.25) is 0 Å². The van der Waals surface area contributed by atoms with Crippen molar-refractivity contribution in [2.24, 2.45) is 10.4 Å². The number of likely N-dealkylation sites (tertiary alicyclic amines) is 1. The van der Waals surface area contributed by atoms with Crippen molar-refractivity contribution in [2.75, 3.05) is 25.5 Å². The zero-order valence-corrected chi connectivity index (χ0v) is 14.7. The minimum Gasteiger partial charge on any atom is -0.343 e. The molecule has 3 nitrogen and oxygen atoms in total. The van der Waals surface area contributed by atoms with Gasteiger partial charge in [-0.05, 0) is 55.8 Å². The quantitative estimate of drug-likeness (QED) is 0.886. The van der Waals surface area contributed by atoms with Crippen molar-refractivity contribution in [1.82, 2.24) is 4.90 Å². The van der Waals surface area contributed by atoms with Gasteiger partial charge in [0, 0.05) is 22.7 Å². The third-order valence-corrected chi connectivity index (χ3v) is 5.39. The Morgan fingerprint density at radius 1 is 1.21 bits per heavy atom. The average molecular weight is 340 g/mol. The summed E-state index contributed by atoms with van der Waals surface area (Å²) in [6.07, 6.45) is 2.22. The number of hydrogen-bond acceptors (Lipinski definition) is 2. The first-order valence-corrected chi connectivity index (χ1v) is 8.85. The number of hydrogen-bond donors (Lipinski definition) is 1. The van der Waals surface area contributed by atoms with Crippen LogP contribution in [0.15, 0.2) is 53.5 Å². The Kier molecular flexibility index (Phi) is 4.07. The van der Waals surface area contributed by atoms with Gasteiger partial charge in [-0.1, -0.05) is 41.9 Å². The highest BCUT2D eigenvalue weighted by Crippen LogP contribution is 2.41. The van der Waals surface area contributed by atoms with Gasteiger partial charge in [-0.2, -0.15) is 0 Å². The molecule has 0 amide bonds. The lowest BCUT2D eigenvalue weighted by Gasteiger charge is -2.37. The maximum atomic E-state index is 6.10. The Hall–Kier alpha value is -1.84. The zero-order valence-electron chi connectivity index (χ0n) is 13.9. The number of para-hydroxylation sites is 1. The van der Waals surface area contributed by atoms with Gasteiger partial charge in [-0.25, -0.2) is 0 Å². The van der Waals surface area contributed by atoms with E-state index < -0.39 is 0 Å². The summed E-state index contributed by atoms with van der Waals surface area (Å²) in [6, 6.07) is 16.6. The molecule has 2 aromatic rings. The molecule has 1 saturated heterocycles. The molecule has 1 fully saturated rings. The van der Waals surface area contributed by atoms with Gasteiger partial charge in [0.05, 0.1) is 6.54 Å². The molecule has 0 aromatic heterocycles. The summed E-state index contributed by atoms with van der Waals surface area (Å²) in [7, 11) is 2.20. The number of fused-ring (bicyclic) bond motifs is 1. The van der Waals surface area contributed by atoms with Crippen LogP contribution in [-0.4, -0.2) is 30.9 Å². The van der Waals surface area contributed by atoms with Crippen molar-refractivity contribution >= 4 is 23.1 Å². The number of anilines is 1. The monoisotopic (exact) mass is 339 g/mol. The summed E-state index contributed by atoms with van der Waals surface area (Å²) < 4.78 is 0. The van der Waals surface area contributed by atoms with Crippen molar-refractivity contribution in [3.05, 3.63) is 64.7 Å². The highest BCUT2D eigenvalue weighted by Gasteiger charge is 2.44. The number of rotatable bonds is 2. The lowest BCUT2D eigenvalue weighted by atomic mass is 9.76. The van der Waals surface area contributed by atoms with Gasteiger partial charge in [-0.3, -0.25) is 4.99 Å². The van der Waals surface area contributed by atoms with Gasteiger partial charge in [0.15, 0.2) is 0 Å². The lowest BCUT2D eigenvalue weighted by Crippen LogP contribution is -2.43. The van der Waals surface area contributed by atoms with Crippen LogP contribution in [0.5, 0.6) is 0 Å². The Labute approximate surface area is 148 Å². The SMILES string of the molecule is CN1CCC2(Cc3ccccc3NC2=NCc2cccc(Cl)c2)C1. The highest BCUT2D eigenvalue weighted by molar-refractivity contribution is 6.30. The summed E-state index contributed by atoms with van der Waals surface area (Å²) in [6.45, 7) is 2.85. The summed E-state index contributed by atoms with van der Waals surface area (Å²) >= 11 is 6.10. The van der Waals surface area contributed by atoms with Crippen LogP contribution < -0.4 is 5.32 Å². The molecular weight excluding hydrogens is 318 g/mol. The van der Waals surface area contributed by atoms with Gasteiger partial charge in [0.25, 0.3) is 0 Å². The Balaban J connectivity index is 1.67. The number of nitrogens with zero attached hydrogens (tertiary/aromatic N) is 2. The van der Waals surface area contributed by atoms with Gasteiger partial charge in [-0.15, -0.1) is 0 Å². The van der Waals surface area contributed by atoms with Crippen molar-refractivity contribution in [1.29, 1.82) is 0 Å². The molecule has 24 heavy (non-hydrogen) atoms. The second-order valence-electron chi connectivity index (χ2n) is 7.02. The maximum Gasteiger partial charge on any atom is 0.109 e. The van der Waals surface area contributed by atoms with Crippen molar-refractivity contribution in [2.45, 2.75) is 19.4 Å². The predicted octanol–water partition coefficient (Wildman–Crippen LogP) is 4.23. The number of amidine groups is 1. The van der Waals surface area contributed by atoms with Crippen LogP contribution in [0.4, 0.5) is 5.69 Å². The number of aliphatic imine (C=N–C) groups is 1. The first-order chi connectivity index (χ1) is 11.6. The van der Waals surface area contributed by atoms with E-state index in [1.807, 2.05) is 18.2 Å². The lowest BCUT2D eigenvalue weighted by molar-refractivity contribution is 0.359. The molecule has 1 atom stereocenters. The molecular formula is C20H22ClN3. The molecule has 0 bridgehead atoms. The van der Waals surface area contributed by atoms with Crippen LogP contribution in [0, 0.1) is 5.41 Å². The van der Waals surface area contributed by atoms with E-state index in [9.17, 15) is 0 Å². The first kappa shape index (κ1) is 15.7. The van der Waals surface area contributed by atoms with Gasteiger partial charge >= 0.3 is 0 Å². The third-order valence-electron chi connectivity index (χ3n) is 5.16. The molecule has 2 aliphatic heterocycles. The molecule has 0 aliphatic carbocycles. The van der Waals surface area contributed by atoms with Crippen LogP contribution in [0.2, 0.25) is 5.02 Å². The Morgan fingerprint density at radius 3 is 2.88 bits per heavy atom. The summed E-state index contributed by atoms with van der Waals surface area (Å²) in [5, 5.41) is 4.39. The molecule has 1 N–H and O–H groups in total. The van der Waals surface area contributed by atoms with E-state index >= 15 is 0 Å². The third kappa shape index (κ3) is 2.94. The van der Waals surface area contributed by atoms with Gasteiger partial charge < -0.3 is 10.2 Å². The molecule has 124 valence electrons. The summed E-state index contributed by atoms with van der Waals surface area (Å²) in [5.74, 6) is 1.13. The van der Waals surface area contributed by atoms with Crippen molar-refractivity contribution in [3.63, 3.8) is 0 Å². The molecule has 0 saturated carbocycles. The van der Waals surface area contributed by atoms with Crippen LogP contribution in [-0.2, 0) is 13.0 Å². The van der Waals surface area contributed by atoms with Crippen LogP contribution in [0.1, 0.15) is 17.5 Å². The summed E-state index contributed by atoms with van der Waals surface area (Å²) in [4.78, 5) is 7.39. The molecule has 0 radical (unpaired) electrons. The molecule has 4 heteroatoms. The number of halogens is 1. The highest BCUT2D eigenvalue weighted by atomic mass is 35.5. The number of benzene rings is 2. The smallest absolute Gasteiger partial charge is 0.109 e. The van der Waals surface area contributed by atoms with Crippen LogP contribution >= 0.6 is 11.6 Å². The topological polar surface area (TPSA) is 27.6 Å². The normalized spacial score (nSPS) is 25.0. The fraction of sp³-hybridized carbons (Fsp3) is 0.350. The average Bonchev–Trinajstić information content (AvgIpc) is 2.94. The van der Waals surface area contributed by atoms with Crippen LogP contribution in [0.3, 0.4) is 0 Å². The molecule has 2 aliphatic rings. The van der Waals surface area contributed by atoms with Crippen LogP contribution in [0.25, 0.3) is 0 Å². The zero-order chi connectivity index (χ0) is 16.6. The second-order valence-corrected chi connectivity index (χ2v) is 7.46. The molecule has 2 aromatic carbocycles. The molecule has 2 heterocycles. The predicted molar refractivity (Wildman–Crippen MR) is 101 cm³/mol. The first-order valence-electron chi connectivity index (χ1n) is 8.47. The molecule has 4 rings (SSSR count). The molecule has 1 spiro atoms.